The lowest BCUT2D eigenvalue weighted by molar-refractivity contribution is -0.174. The molecule has 2 atom stereocenters. The van der Waals surface area contributed by atoms with Gasteiger partial charge in [0.25, 0.3) is 5.91 Å². The lowest BCUT2D eigenvalue weighted by Gasteiger charge is -2.57. The van der Waals surface area contributed by atoms with Crippen LogP contribution in [0.2, 0.25) is 0 Å². The first-order valence-corrected chi connectivity index (χ1v) is 9.07. The van der Waals surface area contributed by atoms with Gasteiger partial charge in [-0.25, -0.2) is 9.78 Å². The summed E-state index contributed by atoms with van der Waals surface area (Å²) < 4.78 is 7.66. The van der Waals surface area contributed by atoms with Gasteiger partial charge in [-0.05, 0) is 19.1 Å². The van der Waals surface area contributed by atoms with Crippen LogP contribution in [0.4, 0.5) is 4.79 Å². The Bertz CT molecular complexity index is 842. The third-order valence-corrected chi connectivity index (χ3v) is 5.95. The van der Waals surface area contributed by atoms with Crippen LogP contribution in [-0.2, 0) is 16.0 Å². The number of imide groups is 1. The molecule has 0 bridgehead atoms. The molecule has 4 rings (SSSR count). The number of ether oxygens (including phenoxy) is 1. The van der Waals surface area contributed by atoms with E-state index in [-0.39, 0.29) is 18.0 Å². The monoisotopic (exact) mass is 356 g/mol. The van der Waals surface area contributed by atoms with Crippen LogP contribution in [0.3, 0.4) is 0 Å². The summed E-state index contributed by atoms with van der Waals surface area (Å²) >= 11 is 0. The standard InChI is InChI=1S/C19H24N4O3/c1-4-26-14-11-19(18(14,2)3)16(24)23(17(25)21-19)10-8-13-12-22-9-6-5-7-15(22)20-13/h5-7,9,12,14H,4,8,10-11H2,1-3H3,(H,21,25). The zero-order chi connectivity index (χ0) is 18.5. The number of fused-ring (bicyclic) bond motifs is 1. The van der Waals surface area contributed by atoms with Crippen molar-refractivity contribution in [3.05, 3.63) is 36.3 Å². The fourth-order valence-corrected chi connectivity index (χ4v) is 4.15. The van der Waals surface area contributed by atoms with Gasteiger partial charge in [-0.3, -0.25) is 9.69 Å². The first kappa shape index (κ1) is 17.0. The van der Waals surface area contributed by atoms with Crippen LogP contribution >= 0.6 is 0 Å². The maximum atomic E-state index is 13.0. The highest BCUT2D eigenvalue weighted by Gasteiger charge is 2.70. The van der Waals surface area contributed by atoms with E-state index in [1.54, 1.807) is 0 Å². The minimum Gasteiger partial charge on any atom is -0.378 e. The molecule has 1 aliphatic heterocycles. The zero-order valence-electron chi connectivity index (χ0n) is 15.4. The molecule has 1 N–H and O–H groups in total. The first-order chi connectivity index (χ1) is 12.4. The van der Waals surface area contributed by atoms with E-state index in [2.05, 4.69) is 10.3 Å². The summed E-state index contributed by atoms with van der Waals surface area (Å²) in [6.45, 7) is 6.84. The summed E-state index contributed by atoms with van der Waals surface area (Å²) in [5.74, 6) is -0.146. The smallest absolute Gasteiger partial charge is 0.325 e. The molecule has 0 radical (unpaired) electrons. The predicted octanol–water partition coefficient (Wildman–Crippen LogP) is 2.00. The topological polar surface area (TPSA) is 75.9 Å². The summed E-state index contributed by atoms with van der Waals surface area (Å²) in [5, 5.41) is 2.94. The molecule has 1 saturated heterocycles. The summed E-state index contributed by atoms with van der Waals surface area (Å²) in [7, 11) is 0. The quantitative estimate of drug-likeness (QED) is 0.832. The van der Waals surface area contributed by atoms with Gasteiger partial charge in [-0.2, -0.15) is 0 Å². The fraction of sp³-hybridized carbons (Fsp3) is 0.526. The van der Waals surface area contributed by atoms with E-state index in [1.165, 1.54) is 4.90 Å². The minimum absolute atomic E-state index is 0.0184. The Kier molecular flexibility index (Phi) is 3.80. The number of aromatic nitrogens is 2. The van der Waals surface area contributed by atoms with Gasteiger partial charge >= 0.3 is 6.03 Å². The molecule has 138 valence electrons. The van der Waals surface area contributed by atoms with Gasteiger partial charge in [0.05, 0.1) is 11.8 Å². The lowest BCUT2D eigenvalue weighted by atomic mass is 9.54. The molecule has 0 aromatic carbocycles. The maximum Gasteiger partial charge on any atom is 0.325 e. The molecule has 7 nitrogen and oxygen atoms in total. The van der Waals surface area contributed by atoms with Gasteiger partial charge in [0.2, 0.25) is 0 Å². The molecule has 2 unspecified atom stereocenters. The number of nitrogens with one attached hydrogen (secondary N) is 1. The number of hydrogen-bond acceptors (Lipinski definition) is 4. The molecular formula is C19H24N4O3. The van der Waals surface area contributed by atoms with Crippen LogP contribution in [0, 0.1) is 5.41 Å². The second-order valence-electron chi connectivity index (χ2n) is 7.61. The summed E-state index contributed by atoms with van der Waals surface area (Å²) in [4.78, 5) is 31.4. The SMILES string of the molecule is CCOC1CC2(NC(=O)N(CCc3cn4ccccc4n3)C2=O)C1(C)C. The molecule has 2 aromatic rings. The average Bonchev–Trinajstić information content (AvgIpc) is 3.13. The predicted molar refractivity (Wildman–Crippen MR) is 95.7 cm³/mol. The van der Waals surface area contributed by atoms with Crippen molar-refractivity contribution in [2.45, 2.75) is 45.3 Å². The molecule has 2 aromatic heterocycles. The van der Waals surface area contributed by atoms with Crippen molar-refractivity contribution in [3.8, 4) is 0 Å². The number of pyridine rings is 1. The van der Waals surface area contributed by atoms with Gasteiger partial charge in [0.1, 0.15) is 11.2 Å². The minimum atomic E-state index is -0.844. The number of amides is 3. The first-order valence-electron chi connectivity index (χ1n) is 9.07. The molecule has 2 aliphatic rings. The number of imidazole rings is 1. The van der Waals surface area contributed by atoms with Gasteiger partial charge in [-0.1, -0.05) is 19.9 Å². The highest BCUT2D eigenvalue weighted by Crippen LogP contribution is 2.53. The average molecular weight is 356 g/mol. The number of urea groups is 1. The largest absolute Gasteiger partial charge is 0.378 e. The summed E-state index contributed by atoms with van der Waals surface area (Å²) in [6.07, 6.45) is 4.91. The van der Waals surface area contributed by atoms with Crippen LogP contribution < -0.4 is 5.32 Å². The molecule has 7 heteroatoms. The molecule has 1 spiro atoms. The molecule has 3 amide bonds. The van der Waals surface area contributed by atoms with E-state index >= 15 is 0 Å². The molecule has 26 heavy (non-hydrogen) atoms. The van der Waals surface area contributed by atoms with Crippen molar-refractivity contribution < 1.29 is 14.3 Å². The Labute approximate surface area is 152 Å². The molecular weight excluding hydrogens is 332 g/mol. The van der Waals surface area contributed by atoms with E-state index in [9.17, 15) is 9.59 Å². The third-order valence-electron chi connectivity index (χ3n) is 5.95. The Morgan fingerprint density at radius 1 is 1.35 bits per heavy atom. The normalized spacial score (nSPS) is 27.2. The van der Waals surface area contributed by atoms with Crippen molar-refractivity contribution >= 4 is 17.6 Å². The van der Waals surface area contributed by atoms with E-state index < -0.39 is 11.0 Å². The van der Waals surface area contributed by atoms with Gasteiger partial charge < -0.3 is 14.5 Å². The van der Waals surface area contributed by atoms with Crippen molar-refractivity contribution in [1.29, 1.82) is 0 Å². The Morgan fingerprint density at radius 2 is 2.15 bits per heavy atom. The number of rotatable bonds is 5. The second kappa shape index (κ2) is 5.81. The van der Waals surface area contributed by atoms with E-state index in [0.29, 0.717) is 26.0 Å². The zero-order valence-corrected chi connectivity index (χ0v) is 15.4. The van der Waals surface area contributed by atoms with Gasteiger partial charge in [-0.15, -0.1) is 0 Å². The maximum absolute atomic E-state index is 13.0. The van der Waals surface area contributed by atoms with Gasteiger partial charge in [0.15, 0.2) is 0 Å². The fourth-order valence-electron chi connectivity index (χ4n) is 4.15. The van der Waals surface area contributed by atoms with Crippen LogP contribution in [0.25, 0.3) is 5.65 Å². The van der Waals surface area contributed by atoms with Crippen LogP contribution in [0.15, 0.2) is 30.6 Å². The van der Waals surface area contributed by atoms with Crippen molar-refractivity contribution in [2.75, 3.05) is 13.2 Å². The summed E-state index contributed by atoms with van der Waals surface area (Å²) in [5.41, 5.74) is 0.449. The number of nitrogens with zero attached hydrogens (tertiary/aromatic N) is 3. The Balaban J connectivity index is 1.48. The molecule has 1 saturated carbocycles. The van der Waals surface area contributed by atoms with Crippen LogP contribution in [-0.4, -0.2) is 51.0 Å². The Hall–Kier alpha value is -2.41. The molecule has 3 heterocycles. The second-order valence-corrected chi connectivity index (χ2v) is 7.61. The highest BCUT2D eigenvalue weighted by molar-refractivity contribution is 6.08. The van der Waals surface area contributed by atoms with E-state index in [0.717, 1.165) is 11.3 Å². The summed E-state index contributed by atoms with van der Waals surface area (Å²) in [6, 6.07) is 5.48. The van der Waals surface area contributed by atoms with E-state index in [1.807, 2.05) is 55.8 Å². The highest BCUT2D eigenvalue weighted by atomic mass is 16.5. The van der Waals surface area contributed by atoms with Crippen molar-refractivity contribution in [2.24, 2.45) is 5.41 Å². The molecule has 2 fully saturated rings. The Morgan fingerprint density at radius 3 is 2.85 bits per heavy atom. The van der Waals surface area contributed by atoms with Gasteiger partial charge in [0, 0.05) is 43.8 Å². The lowest BCUT2D eigenvalue weighted by Crippen LogP contribution is -2.73. The third kappa shape index (κ3) is 2.26. The number of carbonyl (C=O) groups excluding carboxylic acids is 2. The molecule has 1 aliphatic carbocycles. The number of carbonyl (C=O) groups is 2. The van der Waals surface area contributed by atoms with Crippen LogP contribution in [0.5, 0.6) is 0 Å². The number of hydrogen-bond donors (Lipinski definition) is 1. The van der Waals surface area contributed by atoms with E-state index in [4.69, 9.17) is 4.74 Å². The van der Waals surface area contributed by atoms with Crippen molar-refractivity contribution in [1.82, 2.24) is 19.6 Å². The van der Waals surface area contributed by atoms with Crippen LogP contribution in [0.1, 0.15) is 32.9 Å². The van der Waals surface area contributed by atoms with Crippen molar-refractivity contribution in [3.63, 3.8) is 0 Å².